The molecule has 13 heavy (non-hydrogen) atoms. The van der Waals surface area contributed by atoms with E-state index in [2.05, 4.69) is 37.2 Å². The molecule has 0 radical (unpaired) electrons. The second-order valence-corrected chi connectivity index (χ2v) is 3.85. The SMILES string of the molecule is CCCCCCC1=CCN(C)C=C1. The highest BCUT2D eigenvalue weighted by atomic mass is 15.1. The van der Waals surface area contributed by atoms with Crippen molar-refractivity contribution >= 4 is 0 Å². The van der Waals surface area contributed by atoms with Gasteiger partial charge in [-0.05, 0) is 30.7 Å². The standard InChI is InChI=1S/C12H21N/c1-3-4-5-6-7-12-8-10-13(2)11-9-12/h8-10H,3-7,11H2,1-2H3. The van der Waals surface area contributed by atoms with E-state index in [4.69, 9.17) is 0 Å². The van der Waals surface area contributed by atoms with Crippen LogP contribution >= 0.6 is 0 Å². The van der Waals surface area contributed by atoms with Gasteiger partial charge in [-0.25, -0.2) is 0 Å². The van der Waals surface area contributed by atoms with E-state index in [1.54, 1.807) is 0 Å². The summed E-state index contributed by atoms with van der Waals surface area (Å²) in [6.07, 6.45) is 13.5. The lowest BCUT2D eigenvalue weighted by Gasteiger charge is -2.16. The molecule has 1 nitrogen and oxygen atoms in total. The summed E-state index contributed by atoms with van der Waals surface area (Å²) < 4.78 is 0. The summed E-state index contributed by atoms with van der Waals surface area (Å²) in [4.78, 5) is 2.20. The van der Waals surface area contributed by atoms with Crippen molar-refractivity contribution in [3.8, 4) is 0 Å². The molecular formula is C12H21N. The van der Waals surface area contributed by atoms with Gasteiger partial charge < -0.3 is 4.90 Å². The zero-order chi connectivity index (χ0) is 9.52. The monoisotopic (exact) mass is 179 g/mol. The predicted octanol–water partition coefficient (Wildman–Crippen LogP) is 3.34. The van der Waals surface area contributed by atoms with Crippen LogP contribution in [0, 0.1) is 0 Å². The Bertz CT molecular complexity index is 191. The Balaban J connectivity index is 2.12. The summed E-state index contributed by atoms with van der Waals surface area (Å²) in [5.41, 5.74) is 1.52. The van der Waals surface area contributed by atoms with Gasteiger partial charge in [0.15, 0.2) is 0 Å². The fraction of sp³-hybridized carbons (Fsp3) is 0.667. The maximum absolute atomic E-state index is 2.34. The van der Waals surface area contributed by atoms with Gasteiger partial charge in [0.05, 0.1) is 0 Å². The van der Waals surface area contributed by atoms with Crippen LogP contribution in [-0.4, -0.2) is 18.5 Å². The maximum Gasteiger partial charge on any atom is 0.0356 e. The number of allylic oxidation sites excluding steroid dienone is 2. The average Bonchev–Trinajstić information content (AvgIpc) is 2.15. The van der Waals surface area contributed by atoms with E-state index in [0.717, 1.165) is 6.54 Å². The molecule has 0 aliphatic carbocycles. The maximum atomic E-state index is 2.34. The first-order chi connectivity index (χ1) is 6.33. The molecule has 0 bridgehead atoms. The quantitative estimate of drug-likeness (QED) is 0.585. The molecule has 0 aromatic carbocycles. The molecule has 0 atom stereocenters. The zero-order valence-corrected chi connectivity index (χ0v) is 8.92. The second-order valence-electron chi connectivity index (χ2n) is 3.85. The van der Waals surface area contributed by atoms with Gasteiger partial charge in [0.2, 0.25) is 0 Å². The van der Waals surface area contributed by atoms with Gasteiger partial charge in [-0.15, -0.1) is 0 Å². The summed E-state index contributed by atoms with van der Waals surface area (Å²) in [6.45, 7) is 3.34. The molecule has 1 aliphatic heterocycles. The van der Waals surface area contributed by atoms with Gasteiger partial charge in [0, 0.05) is 13.6 Å². The Hall–Kier alpha value is -0.720. The molecule has 0 saturated carbocycles. The van der Waals surface area contributed by atoms with Crippen molar-refractivity contribution in [3.05, 3.63) is 23.9 Å². The predicted molar refractivity (Wildman–Crippen MR) is 58.6 cm³/mol. The Morgan fingerprint density at radius 3 is 2.77 bits per heavy atom. The number of rotatable bonds is 5. The molecule has 1 heteroatoms. The van der Waals surface area contributed by atoms with Gasteiger partial charge >= 0.3 is 0 Å². The number of hydrogen-bond acceptors (Lipinski definition) is 1. The van der Waals surface area contributed by atoms with E-state index in [1.165, 1.54) is 37.7 Å². The molecule has 0 spiro atoms. The van der Waals surface area contributed by atoms with E-state index in [1.807, 2.05) is 0 Å². The molecule has 74 valence electrons. The largest absolute Gasteiger partial charge is 0.377 e. The van der Waals surface area contributed by atoms with Crippen LogP contribution in [0.5, 0.6) is 0 Å². The summed E-state index contributed by atoms with van der Waals surface area (Å²) >= 11 is 0. The number of hydrogen-bond donors (Lipinski definition) is 0. The minimum absolute atomic E-state index is 1.08. The fourth-order valence-corrected chi connectivity index (χ4v) is 1.55. The lowest BCUT2D eigenvalue weighted by Crippen LogP contribution is -2.13. The molecule has 0 amide bonds. The van der Waals surface area contributed by atoms with Crippen molar-refractivity contribution in [3.63, 3.8) is 0 Å². The average molecular weight is 179 g/mol. The van der Waals surface area contributed by atoms with Gasteiger partial charge in [0.25, 0.3) is 0 Å². The molecule has 1 aliphatic rings. The lowest BCUT2D eigenvalue weighted by molar-refractivity contribution is 0.499. The van der Waals surface area contributed by atoms with E-state index in [-0.39, 0.29) is 0 Å². The summed E-state index contributed by atoms with van der Waals surface area (Å²) in [5.74, 6) is 0. The van der Waals surface area contributed by atoms with Crippen molar-refractivity contribution in [1.82, 2.24) is 4.90 Å². The molecular weight excluding hydrogens is 158 g/mol. The molecule has 0 saturated heterocycles. The Labute approximate surface area is 82.1 Å². The minimum atomic E-state index is 1.08. The number of nitrogens with zero attached hydrogens (tertiary/aromatic N) is 1. The third kappa shape index (κ3) is 4.16. The van der Waals surface area contributed by atoms with E-state index >= 15 is 0 Å². The van der Waals surface area contributed by atoms with Gasteiger partial charge in [-0.2, -0.15) is 0 Å². The Kier molecular flexibility index (Phi) is 4.66. The topological polar surface area (TPSA) is 3.24 Å². The number of unbranched alkanes of at least 4 members (excludes halogenated alkanes) is 3. The Morgan fingerprint density at radius 2 is 2.15 bits per heavy atom. The summed E-state index contributed by atoms with van der Waals surface area (Å²) in [5, 5.41) is 0. The van der Waals surface area contributed by atoms with Crippen LogP contribution in [0.1, 0.15) is 39.0 Å². The summed E-state index contributed by atoms with van der Waals surface area (Å²) in [7, 11) is 2.11. The molecule has 0 fully saturated rings. The molecule has 1 rings (SSSR count). The van der Waals surface area contributed by atoms with Crippen molar-refractivity contribution in [2.45, 2.75) is 39.0 Å². The van der Waals surface area contributed by atoms with Gasteiger partial charge in [0.1, 0.15) is 0 Å². The normalized spacial score (nSPS) is 16.2. The van der Waals surface area contributed by atoms with Crippen molar-refractivity contribution < 1.29 is 0 Å². The van der Waals surface area contributed by atoms with Crippen LogP contribution in [0.25, 0.3) is 0 Å². The highest BCUT2D eigenvalue weighted by molar-refractivity contribution is 5.22. The molecule has 0 unspecified atom stereocenters. The van der Waals surface area contributed by atoms with Gasteiger partial charge in [-0.1, -0.05) is 32.3 Å². The van der Waals surface area contributed by atoms with Gasteiger partial charge in [-0.3, -0.25) is 0 Å². The molecule has 0 aromatic rings. The molecule has 0 N–H and O–H groups in total. The highest BCUT2D eigenvalue weighted by Gasteiger charge is 1.99. The summed E-state index contributed by atoms with van der Waals surface area (Å²) in [6, 6.07) is 0. The van der Waals surface area contributed by atoms with Crippen LogP contribution in [0.15, 0.2) is 23.9 Å². The van der Waals surface area contributed by atoms with Crippen LogP contribution < -0.4 is 0 Å². The van der Waals surface area contributed by atoms with E-state index in [0.29, 0.717) is 0 Å². The number of likely N-dealkylation sites (N-methyl/N-ethyl adjacent to an activating group) is 1. The smallest absolute Gasteiger partial charge is 0.0356 e. The van der Waals surface area contributed by atoms with Crippen LogP contribution in [0.2, 0.25) is 0 Å². The third-order valence-electron chi connectivity index (χ3n) is 2.50. The van der Waals surface area contributed by atoms with Crippen LogP contribution in [0.4, 0.5) is 0 Å². The molecule has 1 heterocycles. The third-order valence-corrected chi connectivity index (χ3v) is 2.50. The minimum Gasteiger partial charge on any atom is -0.377 e. The lowest BCUT2D eigenvalue weighted by atomic mass is 10.0. The van der Waals surface area contributed by atoms with Crippen molar-refractivity contribution in [2.24, 2.45) is 0 Å². The second kappa shape index (κ2) is 5.85. The van der Waals surface area contributed by atoms with Crippen LogP contribution in [0.3, 0.4) is 0 Å². The van der Waals surface area contributed by atoms with Crippen molar-refractivity contribution in [1.29, 1.82) is 0 Å². The fourth-order valence-electron chi connectivity index (χ4n) is 1.55. The first kappa shape index (κ1) is 10.4. The zero-order valence-electron chi connectivity index (χ0n) is 8.92. The van der Waals surface area contributed by atoms with E-state index in [9.17, 15) is 0 Å². The van der Waals surface area contributed by atoms with Crippen molar-refractivity contribution in [2.75, 3.05) is 13.6 Å². The first-order valence-corrected chi connectivity index (χ1v) is 5.40. The van der Waals surface area contributed by atoms with E-state index < -0.39 is 0 Å². The van der Waals surface area contributed by atoms with Crippen LogP contribution in [-0.2, 0) is 0 Å². The highest BCUT2D eigenvalue weighted by Crippen LogP contribution is 2.14. The first-order valence-electron chi connectivity index (χ1n) is 5.40. The molecule has 0 aromatic heterocycles. The Morgan fingerprint density at radius 1 is 1.31 bits per heavy atom.